The largest absolute Gasteiger partial charge is 0.455 e. The van der Waals surface area contributed by atoms with Crippen LogP contribution in [0.2, 0.25) is 0 Å². The van der Waals surface area contributed by atoms with Crippen molar-refractivity contribution >= 4 is 43.7 Å². The highest BCUT2D eigenvalue weighted by Crippen LogP contribution is 2.39. The molecule has 4 heteroatoms. The summed E-state index contributed by atoms with van der Waals surface area (Å²) in [4.78, 5) is 10.6. The predicted molar refractivity (Wildman–Crippen MR) is 205 cm³/mol. The molecular formula is C46H29N3O. The molecule has 0 spiro atoms. The highest BCUT2D eigenvalue weighted by molar-refractivity contribution is 6.11. The number of benzene rings is 7. The molecule has 3 heterocycles. The van der Waals surface area contributed by atoms with Crippen LogP contribution in [0.1, 0.15) is 0 Å². The van der Waals surface area contributed by atoms with Crippen molar-refractivity contribution in [3.63, 3.8) is 0 Å². The first kappa shape index (κ1) is 28.3. The van der Waals surface area contributed by atoms with Crippen LogP contribution in [-0.2, 0) is 0 Å². The monoisotopic (exact) mass is 639 g/mol. The third-order valence-corrected chi connectivity index (χ3v) is 9.62. The van der Waals surface area contributed by atoms with Crippen LogP contribution in [0.25, 0.3) is 94.5 Å². The van der Waals surface area contributed by atoms with Gasteiger partial charge < -0.3 is 8.98 Å². The van der Waals surface area contributed by atoms with Crippen molar-refractivity contribution in [1.82, 2.24) is 14.5 Å². The number of aromatic nitrogens is 3. The normalized spacial score (nSPS) is 11.6. The molecule has 0 aliphatic rings. The fourth-order valence-electron chi connectivity index (χ4n) is 7.26. The molecule has 0 saturated carbocycles. The van der Waals surface area contributed by atoms with E-state index in [1.807, 2.05) is 18.2 Å². The third-order valence-electron chi connectivity index (χ3n) is 9.62. The van der Waals surface area contributed by atoms with Crippen molar-refractivity contribution in [2.75, 3.05) is 0 Å². The molecule has 10 aromatic rings. The van der Waals surface area contributed by atoms with Gasteiger partial charge in [-0.15, -0.1) is 0 Å². The Bertz CT molecular complexity index is 2870. The lowest BCUT2D eigenvalue weighted by Gasteiger charge is -2.12. The van der Waals surface area contributed by atoms with Crippen LogP contribution in [0.3, 0.4) is 0 Å². The van der Waals surface area contributed by atoms with Gasteiger partial charge in [-0.3, -0.25) is 0 Å². The minimum absolute atomic E-state index is 0.655. The molecule has 4 nitrogen and oxygen atoms in total. The van der Waals surface area contributed by atoms with E-state index in [9.17, 15) is 0 Å². The van der Waals surface area contributed by atoms with E-state index in [0.717, 1.165) is 77.9 Å². The van der Waals surface area contributed by atoms with Crippen molar-refractivity contribution in [3.8, 4) is 50.7 Å². The second kappa shape index (κ2) is 11.4. The Morgan fingerprint density at radius 1 is 0.400 bits per heavy atom. The smallest absolute Gasteiger partial charge is 0.160 e. The number of nitrogens with zero attached hydrogens (tertiary/aromatic N) is 3. The molecule has 0 aliphatic heterocycles. The first-order valence-electron chi connectivity index (χ1n) is 16.8. The van der Waals surface area contributed by atoms with E-state index in [0.29, 0.717) is 5.82 Å². The highest BCUT2D eigenvalue weighted by atomic mass is 16.3. The van der Waals surface area contributed by atoms with Gasteiger partial charge in [0, 0.05) is 43.9 Å². The molecule has 234 valence electrons. The van der Waals surface area contributed by atoms with Crippen LogP contribution in [0.4, 0.5) is 0 Å². The summed E-state index contributed by atoms with van der Waals surface area (Å²) in [5.41, 5.74) is 11.9. The van der Waals surface area contributed by atoms with Crippen molar-refractivity contribution in [1.29, 1.82) is 0 Å². The zero-order valence-electron chi connectivity index (χ0n) is 27.0. The zero-order chi connectivity index (χ0) is 33.0. The van der Waals surface area contributed by atoms with Gasteiger partial charge in [-0.2, -0.15) is 0 Å². The van der Waals surface area contributed by atoms with Gasteiger partial charge >= 0.3 is 0 Å². The second-order valence-electron chi connectivity index (χ2n) is 12.6. The quantitative estimate of drug-likeness (QED) is 0.188. The fraction of sp³-hybridized carbons (Fsp3) is 0. The summed E-state index contributed by atoms with van der Waals surface area (Å²) in [6.07, 6.45) is 0. The first-order chi connectivity index (χ1) is 24.8. The number of para-hydroxylation sites is 4. The van der Waals surface area contributed by atoms with Crippen molar-refractivity contribution in [2.45, 2.75) is 0 Å². The summed E-state index contributed by atoms with van der Waals surface area (Å²) >= 11 is 0. The minimum Gasteiger partial charge on any atom is -0.455 e. The molecule has 0 atom stereocenters. The van der Waals surface area contributed by atoms with Gasteiger partial charge in [-0.1, -0.05) is 127 Å². The van der Waals surface area contributed by atoms with Gasteiger partial charge in [0.05, 0.1) is 22.4 Å². The van der Waals surface area contributed by atoms with E-state index in [-0.39, 0.29) is 0 Å². The maximum atomic E-state index is 6.50. The summed E-state index contributed by atoms with van der Waals surface area (Å²) in [6.45, 7) is 0. The third kappa shape index (κ3) is 4.61. The van der Waals surface area contributed by atoms with Crippen LogP contribution >= 0.6 is 0 Å². The molecule has 50 heavy (non-hydrogen) atoms. The summed E-state index contributed by atoms with van der Waals surface area (Å²) < 4.78 is 8.83. The molecule has 0 saturated heterocycles. The topological polar surface area (TPSA) is 43.9 Å². The summed E-state index contributed by atoms with van der Waals surface area (Å²) in [5, 5.41) is 4.56. The van der Waals surface area contributed by atoms with Crippen LogP contribution in [0.5, 0.6) is 0 Å². The molecule has 7 aromatic carbocycles. The molecule has 3 aromatic heterocycles. The van der Waals surface area contributed by atoms with Gasteiger partial charge in [0.15, 0.2) is 5.82 Å². The van der Waals surface area contributed by atoms with Crippen molar-refractivity contribution < 1.29 is 4.42 Å². The lowest BCUT2D eigenvalue weighted by Crippen LogP contribution is -1.97. The average molecular weight is 640 g/mol. The maximum absolute atomic E-state index is 6.50. The van der Waals surface area contributed by atoms with E-state index in [4.69, 9.17) is 14.4 Å². The maximum Gasteiger partial charge on any atom is 0.160 e. The van der Waals surface area contributed by atoms with Crippen molar-refractivity contribution in [2.24, 2.45) is 0 Å². The summed E-state index contributed by atoms with van der Waals surface area (Å²) in [5.74, 6) is 0.655. The zero-order valence-corrected chi connectivity index (χ0v) is 27.0. The highest BCUT2D eigenvalue weighted by Gasteiger charge is 2.18. The Morgan fingerprint density at radius 3 is 1.94 bits per heavy atom. The number of fused-ring (bicyclic) bond motifs is 6. The molecule has 0 radical (unpaired) electrons. The van der Waals surface area contributed by atoms with Crippen LogP contribution in [0.15, 0.2) is 180 Å². The van der Waals surface area contributed by atoms with Crippen LogP contribution < -0.4 is 0 Å². The summed E-state index contributed by atoms with van der Waals surface area (Å²) in [6, 6.07) is 61.3. The Morgan fingerprint density at radius 2 is 1.06 bits per heavy atom. The van der Waals surface area contributed by atoms with Crippen LogP contribution in [-0.4, -0.2) is 14.5 Å². The van der Waals surface area contributed by atoms with E-state index in [2.05, 4.69) is 162 Å². The number of hydrogen-bond acceptors (Lipinski definition) is 3. The Kier molecular flexibility index (Phi) is 6.46. The number of furan rings is 1. The van der Waals surface area contributed by atoms with Gasteiger partial charge in [0.1, 0.15) is 11.2 Å². The van der Waals surface area contributed by atoms with Gasteiger partial charge in [-0.05, 0) is 59.7 Å². The van der Waals surface area contributed by atoms with E-state index in [1.54, 1.807) is 0 Å². The molecule has 0 bridgehead atoms. The van der Waals surface area contributed by atoms with Gasteiger partial charge in [0.2, 0.25) is 0 Å². The van der Waals surface area contributed by atoms with Gasteiger partial charge in [-0.25, -0.2) is 9.97 Å². The van der Waals surface area contributed by atoms with Gasteiger partial charge in [0.25, 0.3) is 0 Å². The van der Waals surface area contributed by atoms with E-state index in [1.165, 1.54) is 10.8 Å². The SMILES string of the molecule is c1ccc(-c2cccc(-c3cc(-c4cccc5c4oc4ccccc45)nc(-c4ccc5c6ccccc6n(-c6ccccc6)c5c4)n3)c2)cc1. The summed E-state index contributed by atoms with van der Waals surface area (Å²) in [7, 11) is 0. The molecule has 10 rings (SSSR count). The second-order valence-corrected chi connectivity index (χ2v) is 12.6. The lowest BCUT2D eigenvalue weighted by atomic mass is 10.00. The Balaban J connectivity index is 1.22. The molecule has 0 N–H and O–H groups in total. The standard InChI is InChI=1S/C46H29N3O/c1-3-13-30(14-4-1)31-15-11-16-32(27-31)40-29-41(39-22-12-21-38-37-20-8-10-24-44(37)50-45(38)39)48-46(47-40)33-25-26-36-35-19-7-9-23-42(35)49(43(36)28-33)34-17-5-2-6-18-34/h1-29H. The first-order valence-corrected chi connectivity index (χ1v) is 16.8. The van der Waals surface area contributed by atoms with E-state index >= 15 is 0 Å². The molecule has 0 aliphatic carbocycles. The van der Waals surface area contributed by atoms with Crippen LogP contribution in [0, 0.1) is 0 Å². The fourth-order valence-corrected chi connectivity index (χ4v) is 7.26. The number of rotatable bonds is 5. The number of hydrogen-bond donors (Lipinski definition) is 0. The predicted octanol–water partition coefficient (Wildman–Crippen LogP) is 12.1. The van der Waals surface area contributed by atoms with Crippen molar-refractivity contribution in [3.05, 3.63) is 176 Å². The molecule has 0 fully saturated rings. The molecule has 0 unspecified atom stereocenters. The minimum atomic E-state index is 0.655. The lowest BCUT2D eigenvalue weighted by molar-refractivity contribution is 0.670. The molecule has 0 amide bonds. The Labute approximate surface area is 288 Å². The molecular weight excluding hydrogens is 611 g/mol. The Hall–Kier alpha value is -6.78. The van der Waals surface area contributed by atoms with E-state index < -0.39 is 0 Å². The average Bonchev–Trinajstić information content (AvgIpc) is 3.74.